The summed E-state index contributed by atoms with van der Waals surface area (Å²) >= 11 is 0. The minimum atomic E-state index is -1.38. The smallest absolute Gasteiger partial charge is 0.242 e. The molecule has 10 nitrogen and oxygen atoms in total. The van der Waals surface area contributed by atoms with Crippen LogP contribution in [0.3, 0.4) is 0 Å². The molecule has 27 heavy (non-hydrogen) atoms. The Morgan fingerprint density at radius 3 is 2.33 bits per heavy atom. The predicted molar refractivity (Wildman–Crippen MR) is 93.5 cm³/mol. The lowest BCUT2D eigenvalue weighted by atomic mass is 10.00. The molecule has 10 heteroatoms. The summed E-state index contributed by atoms with van der Waals surface area (Å²) in [6, 6.07) is 0. The summed E-state index contributed by atoms with van der Waals surface area (Å²) in [5, 5.41) is 31.8. The number of imide groups is 1. The number of carbonyl (C=O) groups excluding carboxylic acids is 3. The highest BCUT2D eigenvalue weighted by atomic mass is 16.7. The minimum absolute atomic E-state index is 0.0283. The summed E-state index contributed by atoms with van der Waals surface area (Å²) in [5.74, 6) is -0.925. The van der Waals surface area contributed by atoms with Gasteiger partial charge in [0, 0.05) is 26.3 Å². The van der Waals surface area contributed by atoms with Gasteiger partial charge in [0.15, 0.2) is 6.29 Å². The topological polar surface area (TPSA) is 146 Å². The van der Waals surface area contributed by atoms with Crippen molar-refractivity contribution in [3.63, 3.8) is 0 Å². The zero-order valence-corrected chi connectivity index (χ0v) is 16.0. The van der Waals surface area contributed by atoms with Crippen molar-refractivity contribution < 1.29 is 39.2 Å². The standard InChI is InChI=1S/C17H30N2O8/c1-10-14(23)15(24)16(25)17(27-10)26-8-4-5-11(20)6-7-12(21)19(3)13(22)9-18-2/h10,14-18,23-25H,4-9H2,1-3H3/t10-,14+,15+,16-,17+/m0/s1. The van der Waals surface area contributed by atoms with Gasteiger partial charge in [-0.1, -0.05) is 0 Å². The SMILES string of the molecule is CNCC(=O)N(C)C(=O)CCC(=O)CCCO[C@@H]1O[C@@H](C)[C@@H](O)[C@@H](O)[C@@H]1O. The quantitative estimate of drug-likeness (QED) is 0.316. The van der Waals surface area contributed by atoms with E-state index in [0.717, 1.165) is 4.90 Å². The molecule has 2 amide bonds. The van der Waals surface area contributed by atoms with Crippen molar-refractivity contribution in [1.82, 2.24) is 10.2 Å². The maximum absolute atomic E-state index is 11.9. The molecule has 0 spiro atoms. The van der Waals surface area contributed by atoms with E-state index in [1.165, 1.54) is 7.05 Å². The van der Waals surface area contributed by atoms with Crippen LogP contribution in [0.1, 0.15) is 32.6 Å². The third-order valence-electron chi connectivity index (χ3n) is 4.38. The molecule has 0 saturated carbocycles. The Hall–Kier alpha value is -1.43. The van der Waals surface area contributed by atoms with E-state index < -0.39 is 36.6 Å². The first-order chi connectivity index (χ1) is 12.7. The van der Waals surface area contributed by atoms with Gasteiger partial charge in [0.05, 0.1) is 19.3 Å². The van der Waals surface area contributed by atoms with Crippen LogP contribution in [0.15, 0.2) is 0 Å². The van der Waals surface area contributed by atoms with Crippen LogP contribution in [0, 0.1) is 0 Å². The lowest BCUT2D eigenvalue weighted by molar-refractivity contribution is -0.293. The number of hydrogen-bond acceptors (Lipinski definition) is 9. The number of Topliss-reactive ketones (excluding diaryl/α,β-unsaturated/α-hetero) is 1. The second-order valence-electron chi connectivity index (χ2n) is 6.57. The van der Waals surface area contributed by atoms with Gasteiger partial charge in [-0.15, -0.1) is 0 Å². The van der Waals surface area contributed by atoms with Crippen LogP contribution in [0.5, 0.6) is 0 Å². The molecule has 1 saturated heterocycles. The van der Waals surface area contributed by atoms with Gasteiger partial charge >= 0.3 is 0 Å². The number of likely N-dealkylation sites (N-methyl/N-ethyl adjacent to an activating group) is 2. The van der Waals surface area contributed by atoms with E-state index >= 15 is 0 Å². The molecule has 156 valence electrons. The first kappa shape index (κ1) is 23.6. The zero-order chi connectivity index (χ0) is 20.6. The van der Waals surface area contributed by atoms with E-state index in [9.17, 15) is 29.7 Å². The number of amides is 2. The predicted octanol–water partition coefficient (Wildman–Crippen LogP) is -1.84. The van der Waals surface area contributed by atoms with Crippen molar-refractivity contribution in [2.45, 2.75) is 63.3 Å². The van der Waals surface area contributed by atoms with Crippen molar-refractivity contribution in [2.24, 2.45) is 0 Å². The Labute approximate surface area is 158 Å². The molecule has 4 N–H and O–H groups in total. The van der Waals surface area contributed by atoms with E-state index in [1.807, 2.05) is 0 Å². The van der Waals surface area contributed by atoms with Gasteiger partial charge in [0.2, 0.25) is 11.8 Å². The fraction of sp³-hybridized carbons (Fsp3) is 0.824. The van der Waals surface area contributed by atoms with Gasteiger partial charge in [-0.3, -0.25) is 19.3 Å². The number of nitrogens with one attached hydrogen (secondary N) is 1. The lowest BCUT2D eigenvalue weighted by Gasteiger charge is -2.38. The molecule has 5 atom stereocenters. The fourth-order valence-electron chi connectivity index (χ4n) is 2.57. The van der Waals surface area contributed by atoms with Crippen LogP contribution in [0.4, 0.5) is 0 Å². The number of aliphatic hydroxyl groups excluding tert-OH is 3. The van der Waals surface area contributed by atoms with Gasteiger partial charge < -0.3 is 30.1 Å². The van der Waals surface area contributed by atoms with Crippen molar-refractivity contribution in [1.29, 1.82) is 0 Å². The molecule has 0 unspecified atom stereocenters. The van der Waals surface area contributed by atoms with Gasteiger partial charge in [-0.05, 0) is 20.4 Å². The van der Waals surface area contributed by atoms with Crippen LogP contribution in [-0.2, 0) is 23.9 Å². The normalized spacial score (nSPS) is 28.0. The van der Waals surface area contributed by atoms with Crippen LogP contribution in [0.2, 0.25) is 0 Å². The number of ether oxygens (including phenoxy) is 2. The summed E-state index contributed by atoms with van der Waals surface area (Å²) in [6.45, 7) is 1.71. The molecule has 0 aromatic heterocycles. The van der Waals surface area contributed by atoms with Gasteiger partial charge in [-0.2, -0.15) is 0 Å². The summed E-state index contributed by atoms with van der Waals surface area (Å²) in [4.78, 5) is 36.2. The molecular formula is C17H30N2O8. The second kappa shape index (κ2) is 11.4. The molecular weight excluding hydrogens is 360 g/mol. The summed E-state index contributed by atoms with van der Waals surface area (Å²) in [7, 11) is 2.98. The van der Waals surface area contributed by atoms with Gasteiger partial charge in [0.1, 0.15) is 24.1 Å². The van der Waals surface area contributed by atoms with E-state index in [-0.39, 0.29) is 44.1 Å². The highest BCUT2D eigenvalue weighted by molar-refractivity contribution is 5.97. The molecule has 1 aliphatic heterocycles. The lowest BCUT2D eigenvalue weighted by Crippen LogP contribution is -2.57. The van der Waals surface area contributed by atoms with Crippen LogP contribution in [0.25, 0.3) is 0 Å². The number of ketones is 1. The average molecular weight is 390 g/mol. The minimum Gasteiger partial charge on any atom is -0.388 e. The Morgan fingerprint density at radius 2 is 1.70 bits per heavy atom. The monoisotopic (exact) mass is 390 g/mol. The summed E-state index contributed by atoms with van der Waals surface area (Å²) in [5.41, 5.74) is 0. The van der Waals surface area contributed by atoms with Crippen LogP contribution < -0.4 is 5.32 Å². The highest BCUT2D eigenvalue weighted by Gasteiger charge is 2.42. The van der Waals surface area contributed by atoms with Crippen LogP contribution in [-0.4, -0.2) is 95.8 Å². The molecule has 0 radical (unpaired) electrons. The molecule has 1 aliphatic rings. The van der Waals surface area contributed by atoms with E-state index in [2.05, 4.69) is 5.32 Å². The third-order valence-corrected chi connectivity index (χ3v) is 4.38. The Kier molecular flexibility index (Phi) is 9.99. The van der Waals surface area contributed by atoms with Gasteiger partial charge in [-0.25, -0.2) is 0 Å². The molecule has 0 aromatic carbocycles. The Morgan fingerprint density at radius 1 is 1.04 bits per heavy atom. The Balaban J connectivity index is 2.24. The van der Waals surface area contributed by atoms with E-state index in [0.29, 0.717) is 6.42 Å². The first-order valence-electron chi connectivity index (χ1n) is 8.96. The largest absolute Gasteiger partial charge is 0.388 e. The van der Waals surface area contributed by atoms with Gasteiger partial charge in [0.25, 0.3) is 0 Å². The van der Waals surface area contributed by atoms with Crippen molar-refractivity contribution in [2.75, 3.05) is 27.2 Å². The molecule has 0 bridgehead atoms. The molecule has 0 aliphatic carbocycles. The van der Waals surface area contributed by atoms with Crippen molar-refractivity contribution in [3.05, 3.63) is 0 Å². The molecule has 0 aromatic rings. The maximum atomic E-state index is 11.9. The van der Waals surface area contributed by atoms with Crippen molar-refractivity contribution in [3.8, 4) is 0 Å². The fourth-order valence-corrected chi connectivity index (χ4v) is 2.57. The summed E-state index contributed by atoms with van der Waals surface area (Å²) in [6.07, 6.45) is -5.21. The average Bonchev–Trinajstić information content (AvgIpc) is 2.64. The molecule has 1 fully saturated rings. The number of aliphatic hydroxyl groups is 3. The number of carbonyl (C=O) groups is 3. The highest BCUT2D eigenvalue weighted by Crippen LogP contribution is 2.21. The first-order valence-corrected chi connectivity index (χ1v) is 8.96. The van der Waals surface area contributed by atoms with E-state index in [4.69, 9.17) is 9.47 Å². The summed E-state index contributed by atoms with van der Waals surface area (Å²) < 4.78 is 10.6. The Bertz CT molecular complexity index is 515. The molecule has 1 heterocycles. The molecule has 1 rings (SSSR count). The second-order valence-corrected chi connectivity index (χ2v) is 6.57. The zero-order valence-electron chi connectivity index (χ0n) is 16.0. The van der Waals surface area contributed by atoms with E-state index in [1.54, 1.807) is 14.0 Å². The maximum Gasteiger partial charge on any atom is 0.242 e. The third kappa shape index (κ3) is 7.24. The number of hydrogen-bond donors (Lipinski definition) is 4. The van der Waals surface area contributed by atoms with Crippen LogP contribution >= 0.6 is 0 Å². The van der Waals surface area contributed by atoms with Crippen molar-refractivity contribution >= 4 is 17.6 Å². The number of nitrogens with zero attached hydrogens (tertiary/aromatic N) is 1. The number of rotatable bonds is 10.